The first-order valence-electron chi connectivity index (χ1n) is 7.30. The summed E-state index contributed by atoms with van der Waals surface area (Å²) >= 11 is 0. The molecule has 2 heterocycles. The van der Waals surface area contributed by atoms with E-state index in [2.05, 4.69) is 15.6 Å². The average molecular weight is 359 g/mol. The van der Waals surface area contributed by atoms with Crippen LogP contribution >= 0.6 is 0 Å². The summed E-state index contributed by atoms with van der Waals surface area (Å²) in [5.41, 5.74) is 0.991. The number of fused-ring (bicyclic) bond motifs is 2. The molecule has 0 spiro atoms. The fraction of sp³-hybridized carbons (Fsp3) is 0. The minimum Gasteiger partial charge on any atom is -0.350 e. The van der Waals surface area contributed by atoms with Gasteiger partial charge in [0.2, 0.25) is 9.84 Å². The second kappa shape index (κ2) is 5.52. The van der Waals surface area contributed by atoms with Crippen LogP contribution in [0.2, 0.25) is 0 Å². The number of hydrogen-bond acceptors (Lipinski definition) is 5. The number of halogens is 2. The first-order valence-corrected chi connectivity index (χ1v) is 8.79. The highest BCUT2D eigenvalue weighted by molar-refractivity contribution is 7.91. The molecular formula is C17H11F2N3O2S. The summed E-state index contributed by atoms with van der Waals surface area (Å²) < 4.78 is 54.2. The van der Waals surface area contributed by atoms with Gasteiger partial charge in [0.1, 0.15) is 10.6 Å². The molecule has 4 rings (SSSR count). The molecule has 1 aliphatic rings. The Kier molecular flexibility index (Phi) is 3.43. The molecule has 2 N–H and O–H groups in total. The van der Waals surface area contributed by atoms with Crippen LogP contribution in [0.25, 0.3) is 0 Å². The fourth-order valence-corrected chi connectivity index (χ4v) is 4.14. The summed E-state index contributed by atoms with van der Waals surface area (Å²) in [5.74, 6) is -3.09. The Morgan fingerprint density at radius 3 is 2.12 bits per heavy atom. The van der Waals surface area contributed by atoms with Crippen LogP contribution in [0.4, 0.5) is 31.7 Å². The van der Waals surface area contributed by atoms with Gasteiger partial charge >= 0.3 is 0 Å². The number of para-hydroxylation sites is 2. The van der Waals surface area contributed by atoms with Gasteiger partial charge in [-0.25, -0.2) is 12.8 Å². The monoisotopic (exact) mass is 359 g/mol. The van der Waals surface area contributed by atoms with E-state index in [4.69, 9.17) is 0 Å². The van der Waals surface area contributed by atoms with Gasteiger partial charge in [0.15, 0.2) is 11.6 Å². The van der Waals surface area contributed by atoms with Crippen molar-refractivity contribution in [2.75, 3.05) is 10.6 Å². The van der Waals surface area contributed by atoms with Crippen molar-refractivity contribution in [1.29, 1.82) is 0 Å². The van der Waals surface area contributed by atoms with Gasteiger partial charge in [0.25, 0.3) is 5.95 Å². The topological polar surface area (TPSA) is 71.1 Å². The van der Waals surface area contributed by atoms with Gasteiger partial charge in [0, 0.05) is 0 Å². The molecule has 3 aromatic rings. The maximum atomic E-state index is 14.5. The van der Waals surface area contributed by atoms with Crippen LogP contribution in [-0.4, -0.2) is 13.4 Å². The molecule has 0 unspecified atom stereocenters. The number of nitrogens with zero attached hydrogens (tertiary/aromatic N) is 1. The van der Waals surface area contributed by atoms with Crippen LogP contribution in [0.1, 0.15) is 0 Å². The van der Waals surface area contributed by atoms with Crippen LogP contribution in [0, 0.1) is 11.8 Å². The van der Waals surface area contributed by atoms with E-state index in [-0.39, 0.29) is 16.4 Å². The summed E-state index contributed by atoms with van der Waals surface area (Å²) in [5, 5.41) is 5.67. The minimum atomic E-state index is -4.29. The average Bonchev–Trinajstić information content (AvgIpc) is 2.62. The number of sulfone groups is 1. The highest BCUT2D eigenvalue weighted by Crippen LogP contribution is 2.43. The van der Waals surface area contributed by atoms with Crippen molar-refractivity contribution in [3.05, 3.63) is 66.4 Å². The lowest BCUT2D eigenvalue weighted by atomic mass is 10.2. The zero-order valence-corrected chi connectivity index (χ0v) is 13.4. The van der Waals surface area contributed by atoms with Crippen molar-refractivity contribution < 1.29 is 17.2 Å². The third-order valence-corrected chi connectivity index (χ3v) is 5.63. The summed E-state index contributed by atoms with van der Waals surface area (Å²) in [4.78, 5) is 2.59. The van der Waals surface area contributed by atoms with Gasteiger partial charge in [-0.3, -0.25) is 0 Å². The molecule has 126 valence electrons. The maximum absolute atomic E-state index is 14.5. The van der Waals surface area contributed by atoms with Gasteiger partial charge in [-0.15, -0.1) is 0 Å². The van der Waals surface area contributed by atoms with E-state index in [9.17, 15) is 17.2 Å². The van der Waals surface area contributed by atoms with Crippen molar-refractivity contribution in [3.8, 4) is 0 Å². The highest BCUT2D eigenvalue weighted by atomic mass is 32.2. The Labute approximate surface area is 142 Å². The van der Waals surface area contributed by atoms with E-state index >= 15 is 0 Å². The van der Waals surface area contributed by atoms with Crippen LogP contribution in [0.5, 0.6) is 0 Å². The zero-order valence-electron chi connectivity index (χ0n) is 12.6. The van der Waals surface area contributed by atoms with Crippen LogP contribution < -0.4 is 10.6 Å². The third-order valence-electron chi connectivity index (χ3n) is 3.82. The number of benzene rings is 2. The summed E-state index contributed by atoms with van der Waals surface area (Å²) in [6.45, 7) is 0. The highest BCUT2D eigenvalue weighted by Gasteiger charge is 2.33. The lowest BCUT2D eigenvalue weighted by Crippen LogP contribution is -2.16. The molecule has 0 amide bonds. The molecule has 0 atom stereocenters. The van der Waals surface area contributed by atoms with Gasteiger partial charge in [-0.05, 0) is 24.3 Å². The van der Waals surface area contributed by atoms with E-state index < -0.39 is 26.5 Å². The number of anilines is 4. The first kappa shape index (κ1) is 15.5. The molecule has 0 bridgehead atoms. The van der Waals surface area contributed by atoms with E-state index in [1.165, 1.54) is 24.3 Å². The van der Waals surface area contributed by atoms with Gasteiger partial charge < -0.3 is 10.6 Å². The molecule has 5 nitrogen and oxygen atoms in total. The lowest BCUT2D eigenvalue weighted by Gasteiger charge is -2.24. The number of pyridine rings is 1. The van der Waals surface area contributed by atoms with E-state index in [0.717, 1.165) is 0 Å². The predicted octanol–water partition coefficient (Wildman–Crippen LogP) is 3.99. The quantitative estimate of drug-likeness (QED) is 0.530. The first-order chi connectivity index (χ1) is 12.0. The molecular weight excluding hydrogens is 348 g/mol. The Balaban J connectivity index is 1.98. The second-order valence-corrected chi connectivity index (χ2v) is 7.27. The molecule has 1 aromatic heterocycles. The lowest BCUT2D eigenvalue weighted by molar-refractivity contribution is 0.461. The number of nitrogens with one attached hydrogen (secondary N) is 2. The molecule has 8 heteroatoms. The molecule has 0 radical (unpaired) electrons. The fourth-order valence-electron chi connectivity index (χ4n) is 2.65. The molecule has 1 aliphatic heterocycles. The van der Waals surface area contributed by atoms with Crippen LogP contribution in [0.3, 0.4) is 0 Å². The Bertz CT molecular complexity index is 1090. The van der Waals surface area contributed by atoms with E-state index in [0.29, 0.717) is 11.4 Å². The molecule has 0 aliphatic carbocycles. The van der Waals surface area contributed by atoms with Crippen molar-refractivity contribution in [3.63, 3.8) is 0 Å². The number of aromatic nitrogens is 1. The zero-order chi connectivity index (χ0) is 17.6. The van der Waals surface area contributed by atoms with Crippen molar-refractivity contribution in [1.82, 2.24) is 4.98 Å². The summed E-state index contributed by atoms with van der Waals surface area (Å²) in [6.07, 6.45) is 0. The predicted molar refractivity (Wildman–Crippen MR) is 89.1 cm³/mol. The summed E-state index contributed by atoms with van der Waals surface area (Å²) in [7, 11) is -4.29. The largest absolute Gasteiger partial charge is 0.350 e. The number of rotatable bonds is 2. The molecule has 25 heavy (non-hydrogen) atoms. The van der Waals surface area contributed by atoms with Crippen molar-refractivity contribution in [2.24, 2.45) is 0 Å². The molecule has 0 saturated carbocycles. The Hall–Kier alpha value is -3.00. The molecule has 0 saturated heterocycles. The second-order valence-electron chi connectivity index (χ2n) is 5.38. The molecule has 2 aromatic carbocycles. The Morgan fingerprint density at radius 2 is 1.44 bits per heavy atom. The maximum Gasteiger partial charge on any atom is 0.252 e. The smallest absolute Gasteiger partial charge is 0.252 e. The van der Waals surface area contributed by atoms with Gasteiger partial charge in [-0.2, -0.15) is 9.37 Å². The SMILES string of the molecule is O=S(=O)(c1ccccc1)c1c(F)c(F)nc2c1Nc1ccccc1N2. The van der Waals surface area contributed by atoms with E-state index in [1.54, 1.807) is 30.3 Å². The van der Waals surface area contributed by atoms with Gasteiger partial charge in [-0.1, -0.05) is 30.3 Å². The van der Waals surface area contributed by atoms with Crippen molar-refractivity contribution in [2.45, 2.75) is 9.79 Å². The number of hydrogen-bond donors (Lipinski definition) is 2. The normalized spacial score (nSPS) is 12.6. The van der Waals surface area contributed by atoms with Gasteiger partial charge in [0.05, 0.1) is 16.3 Å². The third kappa shape index (κ3) is 2.42. The van der Waals surface area contributed by atoms with E-state index in [1.807, 2.05) is 0 Å². The Morgan fingerprint density at radius 1 is 0.840 bits per heavy atom. The van der Waals surface area contributed by atoms with Crippen LogP contribution in [-0.2, 0) is 9.84 Å². The summed E-state index contributed by atoms with van der Waals surface area (Å²) in [6, 6.07) is 14.2. The van der Waals surface area contributed by atoms with Crippen LogP contribution in [0.15, 0.2) is 64.4 Å². The standard InChI is InChI=1S/C17H11F2N3O2S/c18-13-15(25(23,24)10-6-2-1-3-7-10)14-17(22-16(13)19)21-12-9-5-4-8-11(12)20-14/h1-9,20H,(H,21,22). The molecule has 0 fully saturated rings. The minimum absolute atomic E-state index is 0.0906. The van der Waals surface area contributed by atoms with Crippen molar-refractivity contribution >= 4 is 32.7 Å².